The van der Waals surface area contributed by atoms with Crippen molar-refractivity contribution >= 4 is 23.6 Å². The fourth-order valence-electron chi connectivity index (χ4n) is 2.95. The van der Waals surface area contributed by atoms with Crippen LogP contribution < -0.4 is 5.32 Å². The Labute approximate surface area is 150 Å². The van der Waals surface area contributed by atoms with Crippen LogP contribution in [0.3, 0.4) is 0 Å². The van der Waals surface area contributed by atoms with Gasteiger partial charge in [0.05, 0.1) is 5.75 Å². The maximum Gasteiger partial charge on any atom is 0.316 e. The molecule has 0 aromatic heterocycles. The quantitative estimate of drug-likeness (QED) is 0.614. The first kappa shape index (κ1) is 19.7. The number of rotatable bonds is 6. The van der Waals surface area contributed by atoms with E-state index in [0.29, 0.717) is 11.8 Å². The summed E-state index contributed by atoms with van der Waals surface area (Å²) in [4.78, 5) is 23.7. The number of carbonyl (C=O) groups is 2. The number of esters is 1. The summed E-state index contributed by atoms with van der Waals surface area (Å²) in [6.45, 7) is 3.93. The van der Waals surface area contributed by atoms with Crippen molar-refractivity contribution in [2.75, 3.05) is 12.4 Å². The Morgan fingerprint density at radius 2 is 2.04 bits per heavy atom. The molecule has 0 radical (unpaired) electrons. The molecule has 0 unspecified atom stereocenters. The standard InChI is InChI=1S/C18H23F2NO3S/c1-11-4-3-5-15(12(11)2)21-17(22)9-24-18(23)10-25-16-8-13(19)6-7-14(16)20/h6-8,11-12,15H,3-5,9-10H2,1-2H3,(H,21,22)/t11-,12-,15-/m1/s1. The molecular weight excluding hydrogens is 348 g/mol. The van der Waals surface area contributed by atoms with E-state index in [9.17, 15) is 18.4 Å². The molecule has 1 saturated carbocycles. The maximum atomic E-state index is 13.5. The van der Waals surface area contributed by atoms with E-state index in [2.05, 4.69) is 19.2 Å². The molecule has 0 heterocycles. The lowest BCUT2D eigenvalue weighted by Gasteiger charge is -2.34. The minimum atomic E-state index is -0.645. The second-order valence-electron chi connectivity index (χ2n) is 6.47. The first-order valence-corrected chi connectivity index (χ1v) is 9.38. The molecule has 1 aliphatic rings. The summed E-state index contributed by atoms with van der Waals surface area (Å²) >= 11 is 0.836. The van der Waals surface area contributed by atoms with Gasteiger partial charge >= 0.3 is 5.97 Å². The van der Waals surface area contributed by atoms with Gasteiger partial charge in [0.1, 0.15) is 11.6 Å². The zero-order chi connectivity index (χ0) is 18.4. The van der Waals surface area contributed by atoms with Crippen molar-refractivity contribution in [2.45, 2.75) is 44.0 Å². The fourth-order valence-corrected chi connectivity index (χ4v) is 3.70. The molecule has 25 heavy (non-hydrogen) atoms. The maximum absolute atomic E-state index is 13.5. The summed E-state index contributed by atoms with van der Waals surface area (Å²) in [5.74, 6) is -1.40. The van der Waals surface area contributed by atoms with E-state index in [0.717, 1.165) is 49.2 Å². The zero-order valence-electron chi connectivity index (χ0n) is 14.4. The van der Waals surface area contributed by atoms with Gasteiger partial charge in [-0.25, -0.2) is 8.78 Å². The Morgan fingerprint density at radius 1 is 1.28 bits per heavy atom. The van der Waals surface area contributed by atoms with Gasteiger partial charge in [0, 0.05) is 10.9 Å². The smallest absolute Gasteiger partial charge is 0.316 e. The van der Waals surface area contributed by atoms with E-state index >= 15 is 0 Å². The molecular formula is C18H23F2NO3S. The van der Waals surface area contributed by atoms with Crippen molar-refractivity contribution in [3.05, 3.63) is 29.8 Å². The summed E-state index contributed by atoms with van der Waals surface area (Å²) in [6, 6.07) is 3.13. The monoisotopic (exact) mass is 371 g/mol. The highest BCUT2D eigenvalue weighted by Gasteiger charge is 2.28. The lowest BCUT2D eigenvalue weighted by atomic mass is 9.78. The number of nitrogens with one attached hydrogen (secondary N) is 1. The van der Waals surface area contributed by atoms with Crippen molar-refractivity contribution in [1.82, 2.24) is 5.32 Å². The molecule has 138 valence electrons. The average molecular weight is 371 g/mol. The number of halogens is 2. The average Bonchev–Trinajstić information content (AvgIpc) is 2.58. The van der Waals surface area contributed by atoms with Crippen LogP contribution >= 0.6 is 11.8 Å². The highest BCUT2D eigenvalue weighted by atomic mass is 32.2. The van der Waals surface area contributed by atoms with E-state index in [-0.39, 0.29) is 29.2 Å². The fraction of sp³-hybridized carbons (Fsp3) is 0.556. The normalized spacial score (nSPS) is 23.1. The number of hydrogen-bond donors (Lipinski definition) is 1. The molecule has 0 bridgehead atoms. The van der Waals surface area contributed by atoms with Crippen LogP contribution in [0.2, 0.25) is 0 Å². The largest absolute Gasteiger partial charge is 0.455 e. The molecule has 7 heteroatoms. The van der Waals surface area contributed by atoms with E-state index < -0.39 is 17.6 Å². The molecule has 1 aromatic carbocycles. The molecule has 0 aliphatic heterocycles. The molecule has 1 aromatic rings. The molecule has 2 rings (SSSR count). The van der Waals surface area contributed by atoms with Crippen LogP contribution in [0.15, 0.2) is 23.1 Å². The Hall–Kier alpha value is -1.63. The third-order valence-electron chi connectivity index (χ3n) is 4.66. The second kappa shape index (κ2) is 9.17. The van der Waals surface area contributed by atoms with Crippen molar-refractivity contribution in [3.8, 4) is 0 Å². The van der Waals surface area contributed by atoms with Gasteiger partial charge in [0.2, 0.25) is 0 Å². The summed E-state index contributed by atoms with van der Waals surface area (Å²) in [7, 11) is 0. The van der Waals surface area contributed by atoms with Gasteiger partial charge in [-0.3, -0.25) is 9.59 Å². The summed E-state index contributed by atoms with van der Waals surface area (Å²) in [5.41, 5.74) is 0. The molecule has 1 fully saturated rings. The lowest BCUT2D eigenvalue weighted by Crippen LogP contribution is -2.45. The van der Waals surface area contributed by atoms with Crippen LogP contribution in [0, 0.1) is 23.5 Å². The molecule has 1 amide bonds. The third kappa shape index (κ3) is 5.99. The van der Waals surface area contributed by atoms with E-state index in [1.54, 1.807) is 0 Å². The lowest BCUT2D eigenvalue weighted by molar-refractivity contribution is -0.146. The SMILES string of the molecule is C[C@@H]1[C@H](C)CCC[C@H]1NC(=O)COC(=O)CSc1cc(F)ccc1F. The van der Waals surface area contributed by atoms with E-state index in [1.165, 1.54) is 0 Å². The number of benzene rings is 1. The Kier molecular flexibility index (Phi) is 7.23. The summed E-state index contributed by atoms with van der Waals surface area (Å²) in [6.07, 6.45) is 3.17. The van der Waals surface area contributed by atoms with Crippen LogP contribution in [0.1, 0.15) is 33.1 Å². The zero-order valence-corrected chi connectivity index (χ0v) is 15.2. The van der Waals surface area contributed by atoms with Gasteiger partial charge in [-0.05, 0) is 36.5 Å². The molecule has 4 nitrogen and oxygen atoms in total. The van der Waals surface area contributed by atoms with Gasteiger partial charge in [-0.2, -0.15) is 0 Å². The molecule has 1 N–H and O–H groups in total. The minimum Gasteiger partial charge on any atom is -0.455 e. The number of thioether (sulfide) groups is 1. The Bertz CT molecular complexity index is 626. The highest BCUT2D eigenvalue weighted by Crippen LogP contribution is 2.29. The summed E-state index contributed by atoms with van der Waals surface area (Å²) in [5, 5.41) is 2.91. The van der Waals surface area contributed by atoms with E-state index in [1.807, 2.05) is 0 Å². The second-order valence-corrected chi connectivity index (χ2v) is 7.48. The first-order chi connectivity index (χ1) is 11.9. The number of ether oxygens (including phenoxy) is 1. The van der Waals surface area contributed by atoms with Crippen LogP contribution in [-0.4, -0.2) is 30.3 Å². The Morgan fingerprint density at radius 3 is 2.80 bits per heavy atom. The first-order valence-electron chi connectivity index (χ1n) is 8.39. The third-order valence-corrected chi connectivity index (χ3v) is 5.66. The molecule has 3 atom stereocenters. The van der Waals surface area contributed by atoms with Gasteiger partial charge < -0.3 is 10.1 Å². The van der Waals surface area contributed by atoms with Crippen molar-refractivity contribution in [2.24, 2.45) is 11.8 Å². The van der Waals surface area contributed by atoms with Crippen LogP contribution in [0.5, 0.6) is 0 Å². The molecule has 1 aliphatic carbocycles. The highest BCUT2D eigenvalue weighted by molar-refractivity contribution is 8.00. The van der Waals surface area contributed by atoms with Gasteiger partial charge in [-0.15, -0.1) is 11.8 Å². The predicted molar refractivity (Wildman–Crippen MR) is 92.2 cm³/mol. The molecule has 0 saturated heterocycles. The van der Waals surface area contributed by atoms with Gasteiger partial charge in [0.15, 0.2) is 6.61 Å². The number of carbonyl (C=O) groups excluding carboxylic acids is 2. The molecule has 0 spiro atoms. The van der Waals surface area contributed by atoms with Crippen LogP contribution in [0.25, 0.3) is 0 Å². The Balaban J connectivity index is 1.72. The number of amides is 1. The number of hydrogen-bond acceptors (Lipinski definition) is 4. The van der Waals surface area contributed by atoms with Crippen LogP contribution in [-0.2, 0) is 14.3 Å². The minimum absolute atomic E-state index is 0.0337. The van der Waals surface area contributed by atoms with Crippen molar-refractivity contribution in [1.29, 1.82) is 0 Å². The van der Waals surface area contributed by atoms with Crippen molar-refractivity contribution in [3.63, 3.8) is 0 Å². The van der Waals surface area contributed by atoms with E-state index in [4.69, 9.17) is 4.74 Å². The topological polar surface area (TPSA) is 55.4 Å². The van der Waals surface area contributed by atoms with Gasteiger partial charge in [-0.1, -0.05) is 26.7 Å². The van der Waals surface area contributed by atoms with Gasteiger partial charge in [0.25, 0.3) is 5.91 Å². The van der Waals surface area contributed by atoms with Crippen LogP contribution in [0.4, 0.5) is 8.78 Å². The van der Waals surface area contributed by atoms with Crippen molar-refractivity contribution < 1.29 is 23.1 Å². The predicted octanol–water partition coefficient (Wildman–Crippen LogP) is 3.54. The summed E-state index contributed by atoms with van der Waals surface area (Å²) < 4.78 is 31.4.